The summed E-state index contributed by atoms with van der Waals surface area (Å²) >= 11 is 0. The molecular weight excluding hydrogens is 318 g/mol. The zero-order valence-corrected chi connectivity index (χ0v) is 15.5. The number of urea groups is 1. The Balaban J connectivity index is 1.52. The van der Waals surface area contributed by atoms with Crippen molar-refractivity contribution in [2.45, 2.75) is 20.0 Å². The number of amides is 2. The SMILES string of the molecule is Cc1ccc(NC(=O)N2CCOC(CN3CCN(C)CC3)C2)c(C)n1. The maximum Gasteiger partial charge on any atom is 0.322 e. The van der Waals surface area contributed by atoms with Crippen molar-refractivity contribution < 1.29 is 9.53 Å². The quantitative estimate of drug-likeness (QED) is 0.890. The number of carbonyl (C=O) groups excluding carboxylic acids is 1. The lowest BCUT2D eigenvalue weighted by molar-refractivity contribution is -0.0338. The summed E-state index contributed by atoms with van der Waals surface area (Å²) in [7, 11) is 2.16. The van der Waals surface area contributed by atoms with Crippen molar-refractivity contribution in [3.05, 3.63) is 23.5 Å². The summed E-state index contributed by atoms with van der Waals surface area (Å²) in [4.78, 5) is 23.6. The van der Waals surface area contributed by atoms with Crippen LogP contribution in [0, 0.1) is 13.8 Å². The first-order valence-corrected chi connectivity index (χ1v) is 9.04. The van der Waals surface area contributed by atoms with E-state index < -0.39 is 0 Å². The van der Waals surface area contributed by atoms with Gasteiger partial charge in [-0.05, 0) is 33.0 Å². The number of nitrogens with zero attached hydrogens (tertiary/aromatic N) is 4. The Kier molecular flexibility index (Phi) is 5.88. The van der Waals surface area contributed by atoms with Crippen LogP contribution in [0.4, 0.5) is 10.5 Å². The Bertz CT molecular complexity index is 601. The average molecular weight is 347 g/mol. The molecule has 1 aromatic rings. The van der Waals surface area contributed by atoms with Gasteiger partial charge in [0.05, 0.1) is 24.1 Å². The fraction of sp³-hybridized carbons (Fsp3) is 0.667. The van der Waals surface area contributed by atoms with Gasteiger partial charge >= 0.3 is 6.03 Å². The molecule has 0 aliphatic carbocycles. The highest BCUT2D eigenvalue weighted by Gasteiger charge is 2.27. The fourth-order valence-electron chi connectivity index (χ4n) is 3.35. The number of aromatic nitrogens is 1. The van der Waals surface area contributed by atoms with E-state index in [1.54, 1.807) is 0 Å². The number of anilines is 1. The van der Waals surface area contributed by atoms with Crippen molar-refractivity contribution in [2.24, 2.45) is 0 Å². The summed E-state index contributed by atoms with van der Waals surface area (Å²) in [5.74, 6) is 0. The molecule has 1 unspecified atom stereocenters. The first-order chi connectivity index (χ1) is 12.0. The summed E-state index contributed by atoms with van der Waals surface area (Å²) < 4.78 is 5.89. The highest BCUT2D eigenvalue weighted by Crippen LogP contribution is 2.15. The molecule has 2 aliphatic heterocycles. The topological polar surface area (TPSA) is 60.9 Å². The lowest BCUT2D eigenvalue weighted by Gasteiger charge is -2.38. The maximum atomic E-state index is 12.6. The van der Waals surface area contributed by atoms with E-state index >= 15 is 0 Å². The number of aryl methyl sites for hydroxylation is 2. The summed E-state index contributed by atoms with van der Waals surface area (Å²) in [6.45, 7) is 10.9. The summed E-state index contributed by atoms with van der Waals surface area (Å²) in [6.07, 6.45) is 0.0835. The van der Waals surface area contributed by atoms with Gasteiger partial charge in [0.25, 0.3) is 0 Å². The second kappa shape index (κ2) is 8.12. The number of morpholine rings is 1. The van der Waals surface area contributed by atoms with Crippen LogP contribution in [-0.4, -0.2) is 91.3 Å². The molecule has 138 valence electrons. The van der Waals surface area contributed by atoms with Gasteiger partial charge < -0.3 is 19.9 Å². The Morgan fingerprint density at radius 1 is 1.24 bits per heavy atom. The lowest BCUT2D eigenvalue weighted by Crippen LogP contribution is -2.53. The number of rotatable bonds is 3. The summed E-state index contributed by atoms with van der Waals surface area (Å²) in [5.41, 5.74) is 2.57. The second-order valence-corrected chi connectivity index (χ2v) is 7.06. The van der Waals surface area contributed by atoms with E-state index in [1.165, 1.54) is 0 Å². The zero-order valence-electron chi connectivity index (χ0n) is 15.5. The maximum absolute atomic E-state index is 12.6. The van der Waals surface area contributed by atoms with Gasteiger partial charge in [-0.25, -0.2) is 4.79 Å². The van der Waals surface area contributed by atoms with Gasteiger partial charge in [0.1, 0.15) is 0 Å². The molecule has 7 heteroatoms. The van der Waals surface area contributed by atoms with E-state index in [2.05, 4.69) is 27.1 Å². The third kappa shape index (κ3) is 4.90. The predicted octanol–water partition coefficient (Wildman–Crippen LogP) is 1.18. The fourth-order valence-corrected chi connectivity index (χ4v) is 3.35. The molecule has 2 saturated heterocycles. The molecule has 0 saturated carbocycles. The van der Waals surface area contributed by atoms with Crippen LogP contribution in [0.15, 0.2) is 12.1 Å². The number of nitrogens with one attached hydrogen (secondary N) is 1. The Labute approximate surface area is 149 Å². The van der Waals surface area contributed by atoms with Crippen LogP contribution in [-0.2, 0) is 4.74 Å². The van der Waals surface area contributed by atoms with Gasteiger partial charge in [-0.3, -0.25) is 9.88 Å². The molecule has 3 heterocycles. The Morgan fingerprint density at radius 2 is 2.00 bits per heavy atom. The lowest BCUT2D eigenvalue weighted by atomic mass is 10.2. The molecule has 0 bridgehead atoms. The normalized spacial score (nSPS) is 22.8. The van der Waals surface area contributed by atoms with Gasteiger partial charge in [-0.1, -0.05) is 0 Å². The van der Waals surface area contributed by atoms with Gasteiger partial charge in [-0.15, -0.1) is 0 Å². The van der Waals surface area contributed by atoms with Crippen LogP contribution in [0.3, 0.4) is 0 Å². The molecular formula is C18H29N5O2. The van der Waals surface area contributed by atoms with E-state index in [4.69, 9.17) is 4.74 Å². The third-order valence-corrected chi connectivity index (χ3v) is 4.95. The van der Waals surface area contributed by atoms with E-state index in [9.17, 15) is 4.79 Å². The van der Waals surface area contributed by atoms with Crippen molar-refractivity contribution in [3.8, 4) is 0 Å². The van der Waals surface area contributed by atoms with Crippen molar-refractivity contribution in [3.63, 3.8) is 0 Å². The second-order valence-electron chi connectivity index (χ2n) is 7.06. The first kappa shape index (κ1) is 18.1. The Morgan fingerprint density at radius 3 is 2.72 bits per heavy atom. The smallest absolute Gasteiger partial charge is 0.322 e. The van der Waals surface area contributed by atoms with Crippen molar-refractivity contribution >= 4 is 11.7 Å². The number of pyridine rings is 1. The van der Waals surface area contributed by atoms with Gasteiger partial charge in [-0.2, -0.15) is 0 Å². The van der Waals surface area contributed by atoms with Crippen LogP contribution in [0.2, 0.25) is 0 Å². The van der Waals surface area contributed by atoms with Crippen molar-refractivity contribution in [2.75, 3.05) is 64.8 Å². The molecule has 25 heavy (non-hydrogen) atoms. The van der Waals surface area contributed by atoms with Crippen LogP contribution < -0.4 is 5.32 Å². The number of carbonyl (C=O) groups is 1. The van der Waals surface area contributed by atoms with Crippen molar-refractivity contribution in [1.82, 2.24) is 19.7 Å². The molecule has 2 amide bonds. The van der Waals surface area contributed by atoms with E-state index in [0.29, 0.717) is 19.7 Å². The first-order valence-electron chi connectivity index (χ1n) is 9.04. The van der Waals surface area contributed by atoms with Crippen LogP contribution in [0.5, 0.6) is 0 Å². The molecule has 1 aromatic heterocycles. The monoisotopic (exact) mass is 347 g/mol. The van der Waals surface area contributed by atoms with Crippen LogP contribution >= 0.6 is 0 Å². The molecule has 1 N–H and O–H groups in total. The van der Waals surface area contributed by atoms with Crippen molar-refractivity contribution in [1.29, 1.82) is 0 Å². The summed E-state index contributed by atoms with van der Waals surface area (Å²) in [6, 6.07) is 3.76. The molecule has 2 fully saturated rings. The molecule has 7 nitrogen and oxygen atoms in total. The molecule has 0 radical (unpaired) electrons. The largest absolute Gasteiger partial charge is 0.373 e. The predicted molar refractivity (Wildman–Crippen MR) is 98.0 cm³/mol. The third-order valence-electron chi connectivity index (χ3n) is 4.95. The molecule has 2 aliphatic rings. The van der Waals surface area contributed by atoms with Gasteiger partial charge in [0.15, 0.2) is 0 Å². The summed E-state index contributed by atoms with van der Waals surface area (Å²) in [5, 5.41) is 2.99. The average Bonchev–Trinajstić information content (AvgIpc) is 2.60. The van der Waals surface area contributed by atoms with E-state index in [-0.39, 0.29) is 12.1 Å². The number of hydrogen-bond acceptors (Lipinski definition) is 5. The zero-order chi connectivity index (χ0) is 17.8. The van der Waals surface area contributed by atoms with E-state index in [0.717, 1.165) is 49.8 Å². The molecule has 3 rings (SSSR count). The molecule has 0 aromatic carbocycles. The van der Waals surface area contributed by atoms with Gasteiger partial charge in [0.2, 0.25) is 0 Å². The number of likely N-dealkylation sites (N-methyl/N-ethyl adjacent to an activating group) is 1. The molecule has 0 spiro atoms. The van der Waals surface area contributed by atoms with Crippen LogP contribution in [0.1, 0.15) is 11.4 Å². The Hall–Kier alpha value is -1.70. The van der Waals surface area contributed by atoms with Gasteiger partial charge in [0, 0.05) is 51.5 Å². The minimum Gasteiger partial charge on any atom is -0.373 e. The highest BCUT2D eigenvalue weighted by molar-refractivity contribution is 5.89. The van der Waals surface area contributed by atoms with Crippen LogP contribution in [0.25, 0.3) is 0 Å². The highest BCUT2D eigenvalue weighted by atomic mass is 16.5. The molecule has 1 atom stereocenters. The number of ether oxygens (including phenoxy) is 1. The minimum atomic E-state index is -0.0690. The standard InChI is InChI=1S/C18H29N5O2/c1-14-4-5-17(15(2)19-14)20-18(24)23-10-11-25-16(13-23)12-22-8-6-21(3)7-9-22/h4-5,16H,6-13H2,1-3H3,(H,20,24). The number of hydrogen-bond donors (Lipinski definition) is 1. The number of piperazine rings is 1. The van der Waals surface area contributed by atoms with E-state index in [1.807, 2.05) is 30.9 Å². The minimum absolute atomic E-state index is 0.0690.